The lowest BCUT2D eigenvalue weighted by Gasteiger charge is -2.33. The number of sulfonamides is 1. The highest BCUT2D eigenvalue weighted by Crippen LogP contribution is 2.28. The quantitative estimate of drug-likeness (QED) is 0.348. The van der Waals surface area contributed by atoms with E-state index in [9.17, 15) is 27.5 Å². The molecule has 2 saturated heterocycles. The summed E-state index contributed by atoms with van der Waals surface area (Å²) in [4.78, 5) is 31.8. The van der Waals surface area contributed by atoms with Crippen LogP contribution < -0.4 is 9.62 Å². The Morgan fingerprint density at radius 1 is 1.09 bits per heavy atom. The molecular formula is C33H49FN4O7S. The van der Waals surface area contributed by atoms with Crippen molar-refractivity contribution in [1.29, 1.82) is 0 Å². The van der Waals surface area contributed by atoms with Gasteiger partial charge in [0, 0.05) is 56.9 Å². The van der Waals surface area contributed by atoms with Crippen LogP contribution in [-0.2, 0) is 24.3 Å². The number of rotatable bonds is 6. The standard InChI is InChI=1S/C33H49FN4O7S/c1-22-6-8-29(39)20-31(40)45-32(23(2)7-9-30(22)44-33(41)37-14-12-36(4)13-15-37)24(3)16-25-17-26(34)19-28(18-25)38-11-10-27(21-38)35-46(5,42)43/h7,9,16-19,22-23,27,29-30,32,35,39H,6,8,10-15,20-21H2,1-5H3/b9-7+,24-16+/t22-,23-,27-,29+,30-,32-/m0/s1. The van der Waals surface area contributed by atoms with Crippen LogP contribution in [0.1, 0.15) is 52.0 Å². The summed E-state index contributed by atoms with van der Waals surface area (Å²) in [5.41, 5.74) is 1.87. The molecule has 256 valence electrons. The Labute approximate surface area is 272 Å². The fourth-order valence-corrected chi connectivity index (χ4v) is 7.03. The Balaban J connectivity index is 1.55. The van der Waals surface area contributed by atoms with Gasteiger partial charge in [0.15, 0.2) is 0 Å². The molecule has 46 heavy (non-hydrogen) atoms. The Morgan fingerprint density at radius 2 is 1.80 bits per heavy atom. The summed E-state index contributed by atoms with van der Waals surface area (Å²) < 4.78 is 52.7. The third-order valence-electron chi connectivity index (χ3n) is 8.94. The van der Waals surface area contributed by atoms with Crippen LogP contribution in [0.15, 0.2) is 35.9 Å². The number of piperazine rings is 1. The molecule has 3 heterocycles. The number of aliphatic hydroxyl groups is 1. The number of cyclic esters (lactones) is 1. The van der Waals surface area contributed by atoms with Crippen molar-refractivity contribution in [3.05, 3.63) is 47.3 Å². The first-order valence-electron chi connectivity index (χ1n) is 16.1. The maximum Gasteiger partial charge on any atom is 0.410 e. The second kappa shape index (κ2) is 15.7. The van der Waals surface area contributed by atoms with Crippen molar-refractivity contribution in [3.8, 4) is 0 Å². The average Bonchev–Trinajstić information content (AvgIpc) is 3.43. The lowest BCUT2D eigenvalue weighted by molar-refractivity contribution is -0.151. The van der Waals surface area contributed by atoms with Gasteiger partial charge in [-0.2, -0.15) is 0 Å². The van der Waals surface area contributed by atoms with Crippen molar-refractivity contribution >= 4 is 33.8 Å². The second-order valence-corrected chi connectivity index (χ2v) is 14.9. The Bertz CT molecular complexity index is 1400. The molecule has 6 atom stereocenters. The molecule has 0 aromatic heterocycles. The van der Waals surface area contributed by atoms with Crippen LogP contribution in [0.2, 0.25) is 0 Å². The number of nitrogens with one attached hydrogen (secondary N) is 1. The Morgan fingerprint density at radius 3 is 2.50 bits per heavy atom. The highest BCUT2D eigenvalue weighted by molar-refractivity contribution is 7.88. The van der Waals surface area contributed by atoms with E-state index in [0.29, 0.717) is 62.3 Å². The molecule has 1 aromatic carbocycles. The van der Waals surface area contributed by atoms with Gasteiger partial charge in [-0.25, -0.2) is 22.3 Å². The molecule has 0 bridgehead atoms. The number of halogens is 1. The number of amides is 1. The average molecular weight is 665 g/mol. The van der Waals surface area contributed by atoms with E-state index in [0.717, 1.165) is 19.3 Å². The number of hydrogen-bond acceptors (Lipinski definition) is 9. The highest BCUT2D eigenvalue weighted by atomic mass is 32.2. The maximum atomic E-state index is 14.8. The number of benzene rings is 1. The van der Waals surface area contributed by atoms with Crippen molar-refractivity contribution < 1.29 is 37.0 Å². The number of hydrogen-bond donors (Lipinski definition) is 2. The minimum absolute atomic E-state index is 0.0939. The van der Waals surface area contributed by atoms with Gasteiger partial charge in [-0.15, -0.1) is 0 Å². The minimum Gasteiger partial charge on any atom is -0.457 e. The van der Waals surface area contributed by atoms with Gasteiger partial charge in [-0.1, -0.05) is 26.0 Å². The molecule has 11 nitrogen and oxygen atoms in total. The number of nitrogens with zero attached hydrogens (tertiary/aromatic N) is 3. The van der Waals surface area contributed by atoms with Crippen molar-refractivity contribution in [2.75, 3.05) is 57.5 Å². The van der Waals surface area contributed by atoms with E-state index in [2.05, 4.69) is 9.62 Å². The van der Waals surface area contributed by atoms with E-state index in [4.69, 9.17) is 9.47 Å². The molecule has 0 saturated carbocycles. The molecule has 4 rings (SSSR count). The van der Waals surface area contributed by atoms with Gasteiger partial charge in [0.1, 0.15) is 18.0 Å². The number of carbonyl (C=O) groups is 2. The summed E-state index contributed by atoms with van der Waals surface area (Å²) in [5, 5.41) is 10.6. The monoisotopic (exact) mass is 664 g/mol. The van der Waals surface area contributed by atoms with Gasteiger partial charge in [-0.05, 0) is 74.6 Å². The summed E-state index contributed by atoms with van der Waals surface area (Å²) in [6, 6.07) is 4.38. The maximum absolute atomic E-state index is 14.8. The van der Waals surface area contributed by atoms with Crippen LogP contribution in [0.5, 0.6) is 0 Å². The van der Waals surface area contributed by atoms with Gasteiger partial charge in [0.2, 0.25) is 10.0 Å². The molecule has 0 aliphatic carbocycles. The van der Waals surface area contributed by atoms with Crippen LogP contribution in [0.4, 0.5) is 14.9 Å². The van der Waals surface area contributed by atoms with Crippen LogP contribution in [0.3, 0.4) is 0 Å². The predicted molar refractivity (Wildman–Crippen MR) is 175 cm³/mol. The molecule has 1 aromatic rings. The predicted octanol–water partition coefficient (Wildman–Crippen LogP) is 3.39. The molecular weight excluding hydrogens is 615 g/mol. The molecule has 0 spiro atoms. The van der Waals surface area contributed by atoms with E-state index in [1.165, 1.54) is 12.1 Å². The molecule has 0 unspecified atom stereocenters. The first-order valence-corrected chi connectivity index (χ1v) is 18.0. The minimum atomic E-state index is -3.36. The normalized spacial score (nSPS) is 29.9. The van der Waals surface area contributed by atoms with Crippen molar-refractivity contribution in [3.63, 3.8) is 0 Å². The molecule has 2 fully saturated rings. The van der Waals surface area contributed by atoms with Gasteiger partial charge in [0.25, 0.3) is 0 Å². The fourth-order valence-electron chi connectivity index (χ4n) is 6.23. The van der Waals surface area contributed by atoms with E-state index < -0.39 is 40.1 Å². The molecule has 2 N–H and O–H groups in total. The number of likely N-dealkylation sites (N-methyl/N-ethyl adjacent to an activating group) is 1. The lowest BCUT2D eigenvalue weighted by atomic mass is 9.91. The first-order chi connectivity index (χ1) is 21.7. The molecule has 3 aliphatic rings. The van der Waals surface area contributed by atoms with E-state index in [1.807, 2.05) is 50.9 Å². The van der Waals surface area contributed by atoms with Crippen molar-refractivity contribution in [2.45, 2.75) is 70.8 Å². The van der Waals surface area contributed by atoms with E-state index >= 15 is 0 Å². The third kappa shape index (κ3) is 10.5. The number of esters is 1. The summed E-state index contributed by atoms with van der Waals surface area (Å²) in [6.07, 6.45) is 5.45. The largest absolute Gasteiger partial charge is 0.457 e. The lowest BCUT2D eigenvalue weighted by Crippen LogP contribution is -2.48. The zero-order valence-electron chi connectivity index (χ0n) is 27.5. The van der Waals surface area contributed by atoms with Crippen molar-refractivity contribution in [2.24, 2.45) is 11.8 Å². The zero-order chi connectivity index (χ0) is 33.6. The third-order valence-corrected chi connectivity index (χ3v) is 9.70. The summed E-state index contributed by atoms with van der Waals surface area (Å²) >= 11 is 0. The Kier molecular flexibility index (Phi) is 12.3. The number of anilines is 1. The van der Waals surface area contributed by atoms with Crippen molar-refractivity contribution in [1.82, 2.24) is 14.5 Å². The van der Waals surface area contributed by atoms with Gasteiger partial charge in [0.05, 0.1) is 18.8 Å². The number of ether oxygens (including phenoxy) is 2. The molecule has 3 aliphatic heterocycles. The van der Waals surface area contributed by atoms with Crippen LogP contribution >= 0.6 is 0 Å². The summed E-state index contributed by atoms with van der Waals surface area (Å²) in [5.74, 6) is -1.40. The zero-order valence-corrected chi connectivity index (χ0v) is 28.3. The van der Waals surface area contributed by atoms with Crippen LogP contribution in [0, 0.1) is 17.7 Å². The topological polar surface area (TPSA) is 129 Å². The number of carbonyl (C=O) groups excluding carboxylic acids is 2. The highest BCUT2D eigenvalue weighted by Gasteiger charge is 2.30. The fraction of sp³-hybridized carbons (Fsp3) is 0.636. The second-order valence-electron chi connectivity index (χ2n) is 13.2. The van der Waals surface area contributed by atoms with Gasteiger partial charge < -0.3 is 29.3 Å². The van der Waals surface area contributed by atoms with E-state index in [-0.39, 0.29) is 30.4 Å². The molecule has 0 radical (unpaired) electrons. The van der Waals surface area contributed by atoms with Gasteiger partial charge in [-0.3, -0.25) is 4.79 Å². The first kappa shape index (κ1) is 35.8. The SMILES string of the molecule is C/C(=C\c1cc(F)cc(N2CC[C@H](NS(C)(=O)=O)C2)c1)[C@H]1OC(=O)C[C@H](O)CC[C@H](C)[C@@H](OC(=O)N2CCN(C)CC2)/C=C/[C@@H]1C. The van der Waals surface area contributed by atoms with Crippen LogP contribution in [0.25, 0.3) is 6.08 Å². The molecule has 13 heteroatoms. The van der Waals surface area contributed by atoms with Crippen LogP contribution in [-0.4, -0.2) is 112 Å². The molecule has 1 amide bonds. The number of aliphatic hydroxyl groups excluding tert-OH is 1. The van der Waals surface area contributed by atoms with Gasteiger partial charge >= 0.3 is 12.1 Å². The summed E-state index contributed by atoms with van der Waals surface area (Å²) in [6.45, 7) is 9.40. The van der Waals surface area contributed by atoms with E-state index in [1.54, 1.807) is 11.0 Å². The smallest absolute Gasteiger partial charge is 0.410 e. The summed E-state index contributed by atoms with van der Waals surface area (Å²) in [7, 11) is -1.34. The Hall–Kier alpha value is -3.00.